The van der Waals surface area contributed by atoms with Crippen LogP contribution in [0.15, 0.2) is 42.6 Å². The molecule has 3 heterocycles. The Balaban J connectivity index is 1.62. The van der Waals surface area contributed by atoms with Gasteiger partial charge >= 0.3 is 6.03 Å². The van der Waals surface area contributed by atoms with Crippen molar-refractivity contribution in [2.45, 2.75) is 66.7 Å². The summed E-state index contributed by atoms with van der Waals surface area (Å²) < 4.78 is 0. The van der Waals surface area contributed by atoms with E-state index >= 15 is 0 Å². The summed E-state index contributed by atoms with van der Waals surface area (Å²) in [6.45, 7) is 14.6. The van der Waals surface area contributed by atoms with Gasteiger partial charge in [-0.3, -0.25) is 19.9 Å². The minimum Gasteiger partial charge on any atom is -0.345 e. The molecule has 1 unspecified atom stereocenters. The van der Waals surface area contributed by atoms with E-state index in [-0.39, 0.29) is 17.1 Å². The topological polar surface area (TPSA) is 91.4 Å². The summed E-state index contributed by atoms with van der Waals surface area (Å²) in [5.74, 6) is -0.597. The molecule has 1 saturated heterocycles. The molecule has 0 aliphatic carbocycles. The third kappa shape index (κ3) is 6.12. The number of hydrogen-bond acceptors (Lipinski definition) is 5. The van der Waals surface area contributed by atoms with Gasteiger partial charge < -0.3 is 10.2 Å². The molecule has 2 aromatic heterocycles. The number of ketones is 1. The van der Waals surface area contributed by atoms with Crippen molar-refractivity contribution in [3.8, 4) is 11.1 Å². The van der Waals surface area contributed by atoms with E-state index in [9.17, 15) is 14.4 Å². The average molecular weight is 561 g/mol. The van der Waals surface area contributed by atoms with Crippen LogP contribution >= 0.6 is 11.3 Å². The zero-order valence-corrected chi connectivity index (χ0v) is 25.6. The van der Waals surface area contributed by atoms with E-state index in [2.05, 4.69) is 36.4 Å². The van der Waals surface area contributed by atoms with Crippen molar-refractivity contribution < 1.29 is 14.4 Å². The number of nitrogens with one attached hydrogen (secondary N) is 2. The molecule has 1 atom stereocenters. The highest BCUT2D eigenvalue weighted by Crippen LogP contribution is 2.42. The summed E-state index contributed by atoms with van der Waals surface area (Å²) in [6, 6.07) is 11.2. The molecule has 2 N–H and O–H groups in total. The summed E-state index contributed by atoms with van der Waals surface area (Å²) >= 11 is 1.41. The van der Waals surface area contributed by atoms with Gasteiger partial charge in [-0.2, -0.15) is 0 Å². The molecule has 0 radical (unpaired) electrons. The number of pyridine rings is 1. The van der Waals surface area contributed by atoms with E-state index in [4.69, 9.17) is 0 Å². The zero-order valence-electron chi connectivity index (χ0n) is 24.8. The van der Waals surface area contributed by atoms with Gasteiger partial charge in [-0.15, -0.1) is 11.3 Å². The molecule has 4 rings (SSSR count). The maximum Gasteiger partial charge on any atom is 0.324 e. The molecule has 212 valence electrons. The molecular formula is C32H40N4O3S. The Bertz CT molecular complexity index is 1430. The zero-order chi connectivity index (χ0) is 29.4. The number of benzene rings is 1. The maximum absolute atomic E-state index is 14.0. The number of amides is 3. The minimum atomic E-state index is -0.838. The summed E-state index contributed by atoms with van der Waals surface area (Å²) in [7, 11) is 1.79. The first-order valence-electron chi connectivity index (χ1n) is 13.7. The second-order valence-electron chi connectivity index (χ2n) is 12.4. The number of carbonyl (C=O) groups is 3. The van der Waals surface area contributed by atoms with E-state index in [0.717, 1.165) is 33.7 Å². The molecule has 0 saturated carbocycles. The average Bonchev–Trinajstić information content (AvgIpc) is 3.27. The number of hydrogen-bond donors (Lipinski definition) is 2. The van der Waals surface area contributed by atoms with E-state index in [1.54, 1.807) is 11.9 Å². The van der Waals surface area contributed by atoms with Crippen molar-refractivity contribution in [1.82, 2.24) is 9.88 Å². The maximum atomic E-state index is 14.0. The molecule has 3 amide bonds. The first kappa shape index (κ1) is 29.5. The van der Waals surface area contributed by atoms with E-state index in [0.29, 0.717) is 29.2 Å². The number of thiophene rings is 1. The van der Waals surface area contributed by atoms with Crippen LogP contribution in [0.4, 0.5) is 15.5 Å². The first-order valence-corrected chi connectivity index (χ1v) is 14.6. The Morgan fingerprint density at radius 1 is 1.07 bits per heavy atom. The third-order valence-corrected chi connectivity index (χ3v) is 9.23. The monoisotopic (exact) mass is 560 g/mol. The van der Waals surface area contributed by atoms with Crippen LogP contribution in [-0.2, 0) is 10.2 Å². The van der Waals surface area contributed by atoms with E-state index in [1.165, 1.54) is 11.3 Å². The fourth-order valence-corrected chi connectivity index (χ4v) is 6.34. The van der Waals surface area contributed by atoms with Gasteiger partial charge in [-0.05, 0) is 67.5 Å². The molecule has 1 aliphatic rings. The molecule has 7 nitrogen and oxygen atoms in total. The van der Waals surface area contributed by atoms with Crippen LogP contribution in [0.5, 0.6) is 0 Å². The van der Waals surface area contributed by atoms with Gasteiger partial charge in [-0.25, -0.2) is 4.79 Å². The Morgan fingerprint density at radius 3 is 2.45 bits per heavy atom. The van der Waals surface area contributed by atoms with Crippen molar-refractivity contribution in [3.63, 3.8) is 0 Å². The molecule has 8 heteroatoms. The second-order valence-corrected chi connectivity index (χ2v) is 13.5. The van der Waals surface area contributed by atoms with E-state index in [1.807, 2.05) is 70.3 Å². The Hall–Kier alpha value is -3.52. The number of Topliss-reactive ketones (excluding diaryl/α,β-unsaturated/α-hetero) is 1. The van der Waals surface area contributed by atoms with Crippen LogP contribution in [0.3, 0.4) is 0 Å². The number of rotatable bonds is 5. The van der Waals surface area contributed by atoms with Crippen LogP contribution in [0, 0.1) is 25.2 Å². The number of urea groups is 1. The highest BCUT2D eigenvalue weighted by atomic mass is 32.1. The van der Waals surface area contributed by atoms with Crippen molar-refractivity contribution in [2.75, 3.05) is 24.2 Å². The van der Waals surface area contributed by atoms with Crippen LogP contribution in [-0.4, -0.2) is 41.2 Å². The summed E-state index contributed by atoms with van der Waals surface area (Å²) in [4.78, 5) is 47.5. The minimum absolute atomic E-state index is 0.0270. The van der Waals surface area contributed by atoms with Gasteiger partial charge in [0.15, 0.2) is 5.78 Å². The number of nitrogens with zero attached hydrogens (tertiary/aromatic N) is 2. The van der Waals surface area contributed by atoms with E-state index < -0.39 is 17.4 Å². The third-order valence-electron chi connectivity index (χ3n) is 7.75. The van der Waals surface area contributed by atoms with Crippen molar-refractivity contribution in [2.24, 2.45) is 11.3 Å². The molecule has 40 heavy (non-hydrogen) atoms. The quantitative estimate of drug-likeness (QED) is 0.317. The van der Waals surface area contributed by atoms with Gasteiger partial charge in [-0.1, -0.05) is 46.8 Å². The van der Waals surface area contributed by atoms with Crippen molar-refractivity contribution in [1.29, 1.82) is 0 Å². The van der Waals surface area contributed by atoms with Crippen LogP contribution in [0.25, 0.3) is 11.1 Å². The highest BCUT2D eigenvalue weighted by Gasteiger charge is 2.45. The predicted molar refractivity (Wildman–Crippen MR) is 163 cm³/mol. The lowest BCUT2D eigenvalue weighted by Crippen LogP contribution is -2.43. The van der Waals surface area contributed by atoms with Crippen LogP contribution < -0.4 is 10.6 Å². The lowest BCUT2D eigenvalue weighted by Gasteiger charge is -2.32. The van der Waals surface area contributed by atoms with Gasteiger partial charge in [0.25, 0.3) is 0 Å². The van der Waals surface area contributed by atoms with Crippen LogP contribution in [0.2, 0.25) is 0 Å². The Labute approximate surface area is 241 Å². The summed E-state index contributed by atoms with van der Waals surface area (Å²) in [5, 5.41) is 6.39. The number of aromatic nitrogens is 1. The van der Waals surface area contributed by atoms with Crippen molar-refractivity contribution >= 4 is 39.7 Å². The second kappa shape index (κ2) is 11.2. The number of likely N-dealkylation sites (tertiary alicyclic amines) is 1. The number of carbonyl (C=O) groups excluding carboxylic acids is 3. The molecule has 1 aliphatic heterocycles. The molecule has 0 bridgehead atoms. The largest absolute Gasteiger partial charge is 0.345 e. The smallest absolute Gasteiger partial charge is 0.324 e. The number of aryl methyl sites for hydroxylation is 2. The van der Waals surface area contributed by atoms with Gasteiger partial charge in [0.05, 0.1) is 11.0 Å². The summed E-state index contributed by atoms with van der Waals surface area (Å²) in [5.41, 5.74) is 4.03. The van der Waals surface area contributed by atoms with Gasteiger partial charge in [0.2, 0.25) is 5.91 Å². The predicted octanol–water partition coefficient (Wildman–Crippen LogP) is 7.45. The fourth-order valence-electron chi connectivity index (χ4n) is 5.22. The Morgan fingerprint density at radius 2 is 1.80 bits per heavy atom. The molecule has 1 fully saturated rings. The van der Waals surface area contributed by atoms with Gasteiger partial charge in [0, 0.05) is 47.5 Å². The van der Waals surface area contributed by atoms with Gasteiger partial charge in [0.1, 0.15) is 5.00 Å². The standard InChI is InChI=1S/C32H40N4O3S/c1-19-11-14-22(16-23(19)21-13-12-20(2)33-18-21)34-30(39)35-28-24(17-26(40-28)31(3,4)5)27(37)25-10-9-15-36(8)29(38)32(25,6)7/h11-14,16-18,25H,9-10,15H2,1-8H3,(H2,34,35,39). The first-order chi connectivity index (χ1) is 18.7. The normalized spacial score (nSPS) is 17.4. The summed E-state index contributed by atoms with van der Waals surface area (Å²) in [6.07, 6.45) is 3.21. The molecular weight excluding hydrogens is 520 g/mol. The molecule has 3 aromatic rings. The number of anilines is 2. The lowest BCUT2D eigenvalue weighted by molar-refractivity contribution is -0.139. The molecule has 0 spiro atoms. The molecule has 1 aromatic carbocycles. The Kier molecular flexibility index (Phi) is 8.22. The van der Waals surface area contributed by atoms with Crippen LogP contribution in [0.1, 0.15) is 74.0 Å². The fraction of sp³-hybridized carbons (Fsp3) is 0.438. The lowest BCUT2D eigenvalue weighted by atomic mass is 9.72. The SMILES string of the molecule is Cc1ccc(-c2cc(NC(=O)Nc3sc(C(C)(C)C)cc3C(=O)C3CCCN(C)C(=O)C3(C)C)ccc2C)cn1. The highest BCUT2D eigenvalue weighted by molar-refractivity contribution is 7.16. The van der Waals surface area contributed by atoms with Crippen molar-refractivity contribution in [3.05, 3.63) is 64.3 Å².